The van der Waals surface area contributed by atoms with Crippen LogP contribution >= 0.6 is 12.4 Å². The number of anilines is 1. The molecule has 1 aromatic rings. The second-order valence-electron chi connectivity index (χ2n) is 4.05. The zero-order valence-corrected chi connectivity index (χ0v) is 12.0. The van der Waals surface area contributed by atoms with Gasteiger partial charge in [0.05, 0.1) is 12.2 Å². The van der Waals surface area contributed by atoms with Crippen molar-refractivity contribution in [2.75, 3.05) is 31.7 Å². The minimum Gasteiger partial charge on any atom is -0.454 e. The first kappa shape index (κ1) is 15.6. The molecule has 19 heavy (non-hydrogen) atoms. The van der Waals surface area contributed by atoms with Gasteiger partial charge in [0.1, 0.15) is 0 Å². The van der Waals surface area contributed by atoms with Crippen molar-refractivity contribution in [1.29, 1.82) is 0 Å². The lowest BCUT2D eigenvalue weighted by atomic mass is 10.2. The van der Waals surface area contributed by atoms with E-state index in [1.807, 2.05) is 32.0 Å². The molecule has 6 heteroatoms. The second-order valence-corrected chi connectivity index (χ2v) is 4.05. The van der Waals surface area contributed by atoms with Gasteiger partial charge in [-0.3, -0.25) is 9.69 Å². The van der Waals surface area contributed by atoms with Gasteiger partial charge >= 0.3 is 0 Å². The summed E-state index contributed by atoms with van der Waals surface area (Å²) in [5, 5.41) is 2.86. The van der Waals surface area contributed by atoms with E-state index in [1.54, 1.807) is 0 Å². The van der Waals surface area contributed by atoms with Crippen LogP contribution in [0.1, 0.15) is 13.8 Å². The van der Waals surface area contributed by atoms with Crippen LogP contribution < -0.4 is 14.8 Å². The molecular formula is C13H19ClN2O3. The number of fused-ring (bicyclic) bond motifs is 1. The molecule has 1 aliphatic rings. The van der Waals surface area contributed by atoms with E-state index in [2.05, 4.69) is 10.2 Å². The Kier molecular flexibility index (Phi) is 5.92. The third kappa shape index (κ3) is 3.75. The van der Waals surface area contributed by atoms with Crippen molar-refractivity contribution in [3.63, 3.8) is 0 Å². The molecule has 0 aromatic heterocycles. The van der Waals surface area contributed by atoms with Crippen LogP contribution in [-0.4, -0.2) is 37.2 Å². The summed E-state index contributed by atoms with van der Waals surface area (Å²) in [6.07, 6.45) is 0. The van der Waals surface area contributed by atoms with E-state index in [-0.39, 0.29) is 25.1 Å². The summed E-state index contributed by atoms with van der Waals surface area (Å²) in [7, 11) is 0. The molecule has 1 amide bonds. The van der Waals surface area contributed by atoms with E-state index < -0.39 is 0 Å². The molecule has 0 spiro atoms. The molecule has 0 aliphatic carbocycles. The number of carbonyl (C=O) groups is 1. The number of hydrogen-bond acceptors (Lipinski definition) is 4. The van der Waals surface area contributed by atoms with Crippen LogP contribution in [0.25, 0.3) is 0 Å². The molecule has 2 rings (SSSR count). The van der Waals surface area contributed by atoms with Crippen LogP contribution in [-0.2, 0) is 4.79 Å². The minimum absolute atomic E-state index is 0. The van der Waals surface area contributed by atoms with Crippen molar-refractivity contribution >= 4 is 24.0 Å². The van der Waals surface area contributed by atoms with Crippen LogP contribution in [0.2, 0.25) is 0 Å². The van der Waals surface area contributed by atoms with Gasteiger partial charge in [0.15, 0.2) is 11.5 Å². The third-order valence-corrected chi connectivity index (χ3v) is 2.93. The van der Waals surface area contributed by atoms with E-state index in [1.165, 1.54) is 0 Å². The lowest BCUT2D eigenvalue weighted by Crippen LogP contribution is -2.32. The fourth-order valence-electron chi connectivity index (χ4n) is 1.87. The van der Waals surface area contributed by atoms with Gasteiger partial charge in [-0.15, -0.1) is 12.4 Å². The zero-order chi connectivity index (χ0) is 13.0. The highest BCUT2D eigenvalue weighted by atomic mass is 35.5. The summed E-state index contributed by atoms with van der Waals surface area (Å²) in [6, 6.07) is 5.47. The normalized spacial score (nSPS) is 12.2. The number of amides is 1. The topological polar surface area (TPSA) is 50.8 Å². The van der Waals surface area contributed by atoms with Gasteiger partial charge in [-0.25, -0.2) is 0 Å². The average molecular weight is 287 g/mol. The quantitative estimate of drug-likeness (QED) is 0.901. The van der Waals surface area contributed by atoms with Gasteiger partial charge in [0.2, 0.25) is 12.7 Å². The largest absolute Gasteiger partial charge is 0.454 e. The zero-order valence-electron chi connectivity index (χ0n) is 11.1. The van der Waals surface area contributed by atoms with Crippen molar-refractivity contribution in [1.82, 2.24) is 4.90 Å². The number of carbonyl (C=O) groups excluding carboxylic acids is 1. The molecule has 1 aromatic carbocycles. The average Bonchev–Trinajstić information content (AvgIpc) is 2.85. The van der Waals surface area contributed by atoms with Crippen LogP contribution in [0, 0.1) is 0 Å². The molecule has 0 bridgehead atoms. The van der Waals surface area contributed by atoms with E-state index in [9.17, 15) is 4.79 Å². The molecule has 1 heterocycles. The summed E-state index contributed by atoms with van der Waals surface area (Å²) in [5.74, 6) is 1.25. The highest BCUT2D eigenvalue weighted by Gasteiger charge is 2.18. The Hall–Kier alpha value is -1.46. The smallest absolute Gasteiger partial charge is 0.238 e. The van der Waals surface area contributed by atoms with Crippen molar-refractivity contribution in [3.8, 4) is 11.5 Å². The molecular weight excluding hydrogens is 268 g/mol. The predicted molar refractivity (Wildman–Crippen MR) is 76.2 cm³/mol. The SMILES string of the molecule is CCN(CC)CC(=O)Nc1cccc2c1OCO2.Cl. The maximum absolute atomic E-state index is 11.9. The highest BCUT2D eigenvalue weighted by Crippen LogP contribution is 2.38. The number of benzene rings is 1. The summed E-state index contributed by atoms with van der Waals surface area (Å²) in [6.45, 7) is 6.38. The molecule has 106 valence electrons. The standard InChI is InChI=1S/C13H18N2O3.ClH/c1-3-15(4-2)8-12(16)14-10-6-5-7-11-13(10)18-9-17-11;/h5-7H,3-4,8-9H2,1-2H3,(H,14,16);1H. The number of nitrogens with zero attached hydrogens (tertiary/aromatic N) is 1. The number of rotatable bonds is 5. The van der Waals surface area contributed by atoms with E-state index in [4.69, 9.17) is 9.47 Å². The summed E-state index contributed by atoms with van der Waals surface area (Å²) in [4.78, 5) is 13.9. The monoisotopic (exact) mass is 286 g/mol. The molecule has 0 radical (unpaired) electrons. The first-order chi connectivity index (χ1) is 8.74. The Morgan fingerprint density at radius 1 is 1.32 bits per heavy atom. The van der Waals surface area contributed by atoms with E-state index in [0.717, 1.165) is 13.1 Å². The summed E-state index contributed by atoms with van der Waals surface area (Å²) < 4.78 is 10.6. The van der Waals surface area contributed by atoms with Crippen LogP contribution in [0.15, 0.2) is 18.2 Å². The maximum atomic E-state index is 11.9. The predicted octanol–water partition coefficient (Wildman–Crippen LogP) is 2.12. The number of hydrogen-bond donors (Lipinski definition) is 1. The third-order valence-electron chi connectivity index (χ3n) is 2.93. The van der Waals surface area contributed by atoms with Gasteiger partial charge < -0.3 is 14.8 Å². The van der Waals surface area contributed by atoms with Gasteiger partial charge in [0.25, 0.3) is 0 Å². The summed E-state index contributed by atoms with van der Waals surface area (Å²) in [5.41, 5.74) is 0.669. The van der Waals surface area contributed by atoms with Gasteiger partial charge in [-0.1, -0.05) is 19.9 Å². The Morgan fingerprint density at radius 3 is 2.74 bits per heavy atom. The molecule has 0 fully saturated rings. The number of ether oxygens (including phenoxy) is 2. The van der Waals surface area contributed by atoms with Crippen molar-refractivity contribution in [3.05, 3.63) is 18.2 Å². The van der Waals surface area contributed by atoms with Crippen LogP contribution in [0.5, 0.6) is 11.5 Å². The fourth-order valence-corrected chi connectivity index (χ4v) is 1.87. The maximum Gasteiger partial charge on any atom is 0.238 e. The molecule has 0 saturated heterocycles. The number of halogens is 1. The lowest BCUT2D eigenvalue weighted by molar-refractivity contribution is -0.117. The Balaban J connectivity index is 0.00000180. The molecule has 1 aliphatic heterocycles. The number of nitrogens with one attached hydrogen (secondary N) is 1. The van der Waals surface area contributed by atoms with Crippen LogP contribution in [0.3, 0.4) is 0 Å². The Labute approximate surface area is 119 Å². The second kappa shape index (κ2) is 7.21. The first-order valence-corrected chi connectivity index (χ1v) is 6.15. The Bertz CT molecular complexity index is 436. The van der Waals surface area contributed by atoms with Gasteiger partial charge in [-0.2, -0.15) is 0 Å². The molecule has 1 N–H and O–H groups in total. The number of para-hydroxylation sites is 1. The molecule has 0 atom stereocenters. The van der Waals surface area contributed by atoms with E-state index in [0.29, 0.717) is 23.7 Å². The lowest BCUT2D eigenvalue weighted by Gasteiger charge is -2.17. The van der Waals surface area contributed by atoms with Gasteiger partial charge in [-0.05, 0) is 25.2 Å². The number of likely N-dealkylation sites (N-methyl/N-ethyl adjacent to an activating group) is 1. The molecule has 0 unspecified atom stereocenters. The molecule has 5 nitrogen and oxygen atoms in total. The Morgan fingerprint density at radius 2 is 2.05 bits per heavy atom. The first-order valence-electron chi connectivity index (χ1n) is 6.15. The highest BCUT2D eigenvalue weighted by molar-refractivity contribution is 5.94. The minimum atomic E-state index is -0.0393. The van der Waals surface area contributed by atoms with Gasteiger partial charge in [0, 0.05) is 0 Å². The van der Waals surface area contributed by atoms with E-state index >= 15 is 0 Å². The van der Waals surface area contributed by atoms with Crippen molar-refractivity contribution in [2.45, 2.75) is 13.8 Å². The van der Waals surface area contributed by atoms with Crippen molar-refractivity contribution in [2.24, 2.45) is 0 Å². The molecule has 0 saturated carbocycles. The van der Waals surface area contributed by atoms with Crippen LogP contribution in [0.4, 0.5) is 5.69 Å². The van der Waals surface area contributed by atoms with Crippen molar-refractivity contribution < 1.29 is 14.3 Å². The summed E-state index contributed by atoms with van der Waals surface area (Å²) >= 11 is 0. The fraction of sp³-hybridized carbons (Fsp3) is 0.462.